The average Bonchev–Trinajstić information content (AvgIpc) is 3.35. The number of ether oxygens (including phenoxy) is 1. The molecule has 0 bridgehead atoms. The van der Waals surface area contributed by atoms with Gasteiger partial charge in [0, 0.05) is 34.5 Å². The van der Waals surface area contributed by atoms with E-state index >= 15 is 0 Å². The number of hydrogen-bond acceptors (Lipinski definition) is 4. The first-order valence-corrected chi connectivity index (χ1v) is 17.1. The molecule has 0 saturated heterocycles. The van der Waals surface area contributed by atoms with Crippen LogP contribution in [0.1, 0.15) is 24.5 Å². The normalized spacial score (nSPS) is 12.8. The van der Waals surface area contributed by atoms with E-state index in [0.29, 0.717) is 0 Å². The van der Waals surface area contributed by atoms with Crippen molar-refractivity contribution in [3.63, 3.8) is 0 Å². The second kappa shape index (κ2) is 12.6. The van der Waals surface area contributed by atoms with Crippen LogP contribution in [-0.4, -0.2) is 15.0 Å². The van der Waals surface area contributed by atoms with Gasteiger partial charge in [-0.25, -0.2) is 9.97 Å². The summed E-state index contributed by atoms with van der Waals surface area (Å²) in [6, 6.07) is 51.1. The average molecular weight is 644 g/mol. The Kier molecular flexibility index (Phi) is 7.47. The van der Waals surface area contributed by atoms with Crippen LogP contribution < -0.4 is 4.74 Å². The first-order chi connectivity index (χ1) is 24.7. The smallest absolute Gasteiger partial charge is 0.160 e. The van der Waals surface area contributed by atoms with E-state index in [1.54, 1.807) is 6.20 Å². The number of pyridine rings is 1. The van der Waals surface area contributed by atoms with Crippen LogP contribution in [0.25, 0.3) is 72.3 Å². The lowest BCUT2D eigenvalue weighted by Crippen LogP contribution is -1.98. The molecule has 2 aromatic heterocycles. The van der Waals surface area contributed by atoms with Crippen molar-refractivity contribution in [3.05, 3.63) is 175 Å². The Morgan fingerprint density at radius 3 is 2.22 bits per heavy atom. The van der Waals surface area contributed by atoms with Crippen molar-refractivity contribution >= 4 is 27.4 Å². The fourth-order valence-corrected chi connectivity index (χ4v) is 7.12. The lowest BCUT2D eigenvalue weighted by molar-refractivity contribution is 0.509. The Hall–Kier alpha value is -6.39. The lowest BCUT2D eigenvalue weighted by atomic mass is 9.88. The quantitative estimate of drug-likeness (QED) is 0.187. The molecule has 4 nitrogen and oxygen atoms in total. The topological polar surface area (TPSA) is 47.9 Å². The second-order valence-electron chi connectivity index (χ2n) is 12.8. The zero-order valence-corrected chi connectivity index (χ0v) is 27.7. The first kappa shape index (κ1) is 29.7. The summed E-state index contributed by atoms with van der Waals surface area (Å²) >= 11 is 0. The Morgan fingerprint density at radius 1 is 0.560 bits per heavy atom. The molecule has 4 heteroatoms. The second-order valence-corrected chi connectivity index (χ2v) is 12.8. The maximum atomic E-state index is 6.77. The van der Waals surface area contributed by atoms with Crippen LogP contribution in [0.3, 0.4) is 0 Å². The molecule has 9 rings (SSSR count). The predicted molar refractivity (Wildman–Crippen MR) is 205 cm³/mol. The summed E-state index contributed by atoms with van der Waals surface area (Å²) in [5, 5.41) is 3.42. The van der Waals surface area contributed by atoms with Crippen LogP contribution in [0.5, 0.6) is 5.75 Å². The molecule has 0 aliphatic carbocycles. The molecule has 0 unspecified atom stereocenters. The molecular weight excluding hydrogens is 611 g/mol. The van der Waals surface area contributed by atoms with E-state index in [2.05, 4.69) is 127 Å². The summed E-state index contributed by atoms with van der Waals surface area (Å²) in [5.74, 6) is 2.51. The minimum Gasteiger partial charge on any atom is -0.456 e. The van der Waals surface area contributed by atoms with Crippen molar-refractivity contribution < 1.29 is 4.74 Å². The third kappa shape index (κ3) is 5.41. The highest BCUT2D eigenvalue weighted by Crippen LogP contribution is 2.43. The third-order valence-electron chi connectivity index (χ3n) is 9.66. The molecule has 0 spiro atoms. The van der Waals surface area contributed by atoms with Gasteiger partial charge in [0.25, 0.3) is 0 Å². The molecule has 8 aromatic rings. The van der Waals surface area contributed by atoms with E-state index in [1.807, 2.05) is 36.5 Å². The number of rotatable bonds is 5. The Balaban J connectivity index is 1.20. The van der Waals surface area contributed by atoms with Crippen LogP contribution in [0, 0.1) is 0 Å². The molecule has 0 atom stereocenters. The molecule has 3 heterocycles. The zero-order chi connectivity index (χ0) is 33.4. The largest absolute Gasteiger partial charge is 0.456 e. The number of aryl methyl sites for hydroxylation is 1. The van der Waals surface area contributed by atoms with E-state index in [1.165, 1.54) is 27.5 Å². The van der Waals surface area contributed by atoms with Gasteiger partial charge in [0.05, 0.1) is 11.2 Å². The van der Waals surface area contributed by atoms with E-state index < -0.39 is 0 Å². The number of hydrogen-bond donors (Lipinski definition) is 0. The fourth-order valence-electron chi connectivity index (χ4n) is 7.12. The summed E-state index contributed by atoms with van der Waals surface area (Å²) in [5.41, 5.74) is 11.9. The van der Waals surface area contributed by atoms with Crippen molar-refractivity contribution in [1.82, 2.24) is 15.0 Å². The summed E-state index contributed by atoms with van der Waals surface area (Å²) in [4.78, 5) is 14.5. The summed E-state index contributed by atoms with van der Waals surface area (Å²) < 4.78 is 6.77. The molecule has 50 heavy (non-hydrogen) atoms. The maximum absolute atomic E-state index is 6.77. The number of aromatic nitrogens is 3. The molecule has 1 aliphatic heterocycles. The van der Waals surface area contributed by atoms with Gasteiger partial charge < -0.3 is 4.74 Å². The zero-order valence-electron chi connectivity index (χ0n) is 27.7. The van der Waals surface area contributed by atoms with Crippen LogP contribution in [0.15, 0.2) is 164 Å². The van der Waals surface area contributed by atoms with E-state index in [0.717, 1.165) is 80.2 Å². The highest BCUT2D eigenvalue weighted by atomic mass is 16.5. The summed E-state index contributed by atoms with van der Waals surface area (Å²) in [7, 11) is 0. The highest BCUT2D eigenvalue weighted by Gasteiger charge is 2.20. The molecule has 0 N–H and O–H groups in total. The van der Waals surface area contributed by atoms with Crippen molar-refractivity contribution in [3.8, 4) is 50.6 Å². The van der Waals surface area contributed by atoms with Crippen LogP contribution in [0.2, 0.25) is 0 Å². The van der Waals surface area contributed by atoms with Gasteiger partial charge in [-0.1, -0.05) is 115 Å². The van der Waals surface area contributed by atoms with Gasteiger partial charge in [-0.2, -0.15) is 0 Å². The van der Waals surface area contributed by atoms with Crippen molar-refractivity contribution in [1.29, 1.82) is 0 Å². The monoisotopic (exact) mass is 643 g/mol. The first-order valence-electron chi connectivity index (χ1n) is 17.1. The van der Waals surface area contributed by atoms with Crippen LogP contribution in [-0.2, 0) is 6.42 Å². The van der Waals surface area contributed by atoms with Gasteiger partial charge in [0.1, 0.15) is 11.5 Å². The highest BCUT2D eigenvalue weighted by molar-refractivity contribution is 6.05. The minimum atomic E-state index is 0.719. The molecule has 0 amide bonds. The van der Waals surface area contributed by atoms with Crippen LogP contribution >= 0.6 is 0 Å². The molecular formula is C46H33N3O. The number of para-hydroxylation sites is 1. The Bertz CT molecular complexity index is 2570. The van der Waals surface area contributed by atoms with Crippen molar-refractivity contribution in [2.45, 2.75) is 19.8 Å². The molecule has 238 valence electrons. The molecule has 6 aromatic carbocycles. The molecule has 1 aliphatic rings. The van der Waals surface area contributed by atoms with Crippen LogP contribution in [0.4, 0.5) is 0 Å². The summed E-state index contributed by atoms with van der Waals surface area (Å²) in [6.07, 6.45) is 5.54. The maximum Gasteiger partial charge on any atom is 0.160 e. The van der Waals surface area contributed by atoms with Gasteiger partial charge in [-0.15, -0.1) is 0 Å². The molecule has 0 saturated carbocycles. The fraction of sp³-hybridized carbons (Fsp3) is 0.0652. The van der Waals surface area contributed by atoms with E-state index in [9.17, 15) is 0 Å². The lowest BCUT2D eigenvalue weighted by Gasteiger charge is -2.18. The number of allylic oxidation sites excluding steroid dienone is 1. The van der Waals surface area contributed by atoms with Gasteiger partial charge in [0.15, 0.2) is 5.82 Å². The SMILES string of the molecule is CC1=C(c2cccnc2)Oc2cc(-c3c(-c4cccc(-c5nc(-c6ccccc6)nc6ccccc56)c4)ccc4ccccc34)ccc2CC1. The minimum absolute atomic E-state index is 0.719. The molecule has 0 fully saturated rings. The number of fused-ring (bicyclic) bond motifs is 3. The van der Waals surface area contributed by atoms with E-state index in [4.69, 9.17) is 14.7 Å². The van der Waals surface area contributed by atoms with Gasteiger partial charge >= 0.3 is 0 Å². The Morgan fingerprint density at radius 2 is 1.34 bits per heavy atom. The standard InChI is InChI=1S/C46H33N3O/c1-30-20-21-32-22-23-35(28-42(32)50-45(30)37-16-10-26-47-29-37)43-38-17-6-5-11-31(38)24-25-39(43)34-14-9-15-36(27-34)44-40-18-7-8-19-41(40)48-46(49-44)33-12-3-2-4-13-33/h2-19,22-29H,20-21H2,1H3. The molecule has 0 radical (unpaired) electrons. The number of nitrogens with zero attached hydrogens (tertiary/aromatic N) is 3. The summed E-state index contributed by atoms with van der Waals surface area (Å²) in [6.45, 7) is 2.16. The van der Waals surface area contributed by atoms with Gasteiger partial charge in [-0.3, -0.25) is 4.98 Å². The number of benzene rings is 6. The van der Waals surface area contributed by atoms with Gasteiger partial charge in [-0.05, 0) is 94.3 Å². The van der Waals surface area contributed by atoms with Crippen molar-refractivity contribution in [2.75, 3.05) is 0 Å². The third-order valence-corrected chi connectivity index (χ3v) is 9.66. The predicted octanol–water partition coefficient (Wildman–Crippen LogP) is 11.6. The van der Waals surface area contributed by atoms with E-state index in [-0.39, 0.29) is 0 Å². The van der Waals surface area contributed by atoms with Gasteiger partial charge in [0.2, 0.25) is 0 Å². The van der Waals surface area contributed by atoms with Crippen molar-refractivity contribution in [2.24, 2.45) is 0 Å². The Labute approximate surface area is 291 Å².